The average molecular weight is 347 g/mol. The molecule has 138 valence electrons. The molecule has 1 N–H and O–H groups in total. The lowest BCUT2D eigenvalue weighted by molar-refractivity contribution is -0.137. The van der Waals surface area contributed by atoms with Crippen LogP contribution >= 0.6 is 0 Å². The van der Waals surface area contributed by atoms with E-state index in [0.29, 0.717) is 31.1 Å². The summed E-state index contributed by atoms with van der Waals surface area (Å²) in [5, 5.41) is 8.82. The van der Waals surface area contributed by atoms with E-state index >= 15 is 0 Å². The quantitative estimate of drug-likeness (QED) is 0.776. The van der Waals surface area contributed by atoms with Gasteiger partial charge in [0, 0.05) is 25.1 Å². The van der Waals surface area contributed by atoms with Crippen molar-refractivity contribution >= 4 is 11.9 Å². The molecule has 25 heavy (non-hydrogen) atoms. The summed E-state index contributed by atoms with van der Waals surface area (Å²) in [6.45, 7) is 6.40. The molecule has 1 amide bonds. The zero-order valence-corrected chi connectivity index (χ0v) is 15.2. The van der Waals surface area contributed by atoms with Crippen LogP contribution in [0.15, 0.2) is 24.3 Å². The summed E-state index contributed by atoms with van der Waals surface area (Å²) in [5.41, 5.74) is 0.662. The Hall–Kier alpha value is -2.04. The van der Waals surface area contributed by atoms with Gasteiger partial charge in [0.1, 0.15) is 5.75 Å². The van der Waals surface area contributed by atoms with E-state index < -0.39 is 5.97 Å². The first kappa shape index (κ1) is 19.3. The highest BCUT2D eigenvalue weighted by atomic mass is 16.5. The van der Waals surface area contributed by atoms with E-state index in [4.69, 9.17) is 9.84 Å². The van der Waals surface area contributed by atoms with Gasteiger partial charge in [0.25, 0.3) is 5.91 Å². The molecule has 1 aromatic rings. The van der Waals surface area contributed by atoms with Crippen molar-refractivity contribution in [3.05, 3.63) is 29.8 Å². The van der Waals surface area contributed by atoms with Crippen molar-refractivity contribution < 1.29 is 19.4 Å². The first-order valence-electron chi connectivity index (χ1n) is 9.19. The van der Waals surface area contributed by atoms with Gasteiger partial charge in [-0.15, -0.1) is 0 Å². The second-order valence-electron chi connectivity index (χ2n) is 7.25. The van der Waals surface area contributed by atoms with Gasteiger partial charge in [-0.2, -0.15) is 0 Å². The molecule has 0 saturated carbocycles. The van der Waals surface area contributed by atoms with Crippen LogP contribution in [-0.2, 0) is 4.79 Å². The van der Waals surface area contributed by atoms with Crippen molar-refractivity contribution in [3.63, 3.8) is 0 Å². The lowest BCUT2D eigenvalue weighted by Crippen LogP contribution is -2.40. The topological polar surface area (TPSA) is 66.8 Å². The Morgan fingerprint density at radius 2 is 2.00 bits per heavy atom. The van der Waals surface area contributed by atoms with Crippen LogP contribution in [0.1, 0.15) is 56.3 Å². The second kappa shape index (κ2) is 9.44. The molecule has 2 rings (SSSR count). The average Bonchev–Trinajstić information content (AvgIpc) is 2.60. The Morgan fingerprint density at radius 1 is 1.28 bits per heavy atom. The van der Waals surface area contributed by atoms with Gasteiger partial charge in [-0.3, -0.25) is 9.59 Å². The van der Waals surface area contributed by atoms with Crippen molar-refractivity contribution in [3.8, 4) is 5.75 Å². The minimum atomic E-state index is -0.767. The van der Waals surface area contributed by atoms with E-state index in [2.05, 4.69) is 13.8 Å². The smallest absolute Gasteiger partial charge is 0.303 e. The molecule has 0 radical (unpaired) electrons. The third-order valence-electron chi connectivity index (χ3n) is 4.64. The fraction of sp³-hybridized carbons (Fsp3) is 0.600. The minimum absolute atomic E-state index is 0.0220. The highest BCUT2D eigenvalue weighted by Gasteiger charge is 2.24. The number of hydrogen-bond acceptors (Lipinski definition) is 3. The number of hydrogen-bond donors (Lipinski definition) is 1. The number of amides is 1. The van der Waals surface area contributed by atoms with Crippen molar-refractivity contribution in [2.75, 3.05) is 19.7 Å². The van der Waals surface area contributed by atoms with Gasteiger partial charge in [0.2, 0.25) is 0 Å². The molecule has 1 aromatic carbocycles. The second-order valence-corrected chi connectivity index (χ2v) is 7.25. The first-order chi connectivity index (χ1) is 12.0. The molecule has 0 bridgehead atoms. The molecule has 0 aliphatic carbocycles. The Kier molecular flexibility index (Phi) is 7.29. The summed E-state index contributed by atoms with van der Waals surface area (Å²) in [5.74, 6) is 0.932. The Morgan fingerprint density at radius 3 is 2.64 bits per heavy atom. The van der Waals surface area contributed by atoms with Crippen molar-refractivity contribution in [2.45, 2.75) is 46.0 Å². The number of carbonyl (C=O) groups is 2. The molecule has 1 fully saturated rings. The number of piperidine rings is 1. The van der Waals surface area contributed by atoms with Crippen LogP contribution in [0.3, 0.4) is 0 Å². The van der Waals surface area contributed by atoms with Gasteiger partial charge in [0.05, 0.1) is 6.61 Å². The number of carbonyl (C=O) groups excluding carboxylic acids is 1. The largest absolute Gasteiger partial charge is 0.494 e. The summed E-state index contributed by atoms with van der Waals surface area (Å²) in [4.78, 5) is 25.2. The standard InChI is InChI=1S/C20H29NO4/c1-15(2)11-13-25-18-8-6-17(7-9-18)20(24)21-12-3-4-16(14-21)5-10-19(22)23/h6-9,15-16H,3-5,10-14H2,1-2H3,(H,22,23). The highest BCUT2D eigenvalue weighted by Crippen LogP contribution is 2.23. The van der Waals surface area contributed by atoms with Crippen LogP contribution in [0.2, 0.25) is 0 Å². The van der Waals surface area contributed by atoms with Crippen LogP contribution in [0.5, 0.6) is 5.75 Å². The fourth-order valence-electron chi connectivity index (χ4n) is 3.10. The Labute approximate surface area is 150 Å². The van der Waals surface area contributed by atoms with Crippen LogP contribution in [0, 0.1) is 11.8 Å². The fourth-order valence-corrected chi connectivity index (χ4v) is 3.10. The van der Waals surface area contributed by atoms with E-state index in [9.17, 15) is 9.59 Å². The van der Waals surface area contributed by atoms with Crippen LogP contribution < -0.4 is 4.74 Å². The molecule has 0 aromatic heterocycles. The maximum atomic E-state index is 12.7. The first-order valence-corrected chi connectivity index (χ1v) is 9.19. The van der Waals surface area contributed by atoms with Crippen molar-refractivity contribution in [1.82, 2.24) is 4.90 Å². The predicted molar refractivity (Wildman–Crippen MR) is 96.9 cm³/mol. The molecule has 5 heteroatoms. The molecule has 1 aliphatic heterocycles. The van der Waals surface area contributed by atoms with Gasteiger partial charge >= 0.3 is 5.97 Å². The maximum Gasteiger partial charge on any atom is 0.303 e. The van der Waals surface area contributed by atoms with Crippen LogP contribution in [-0.4, -0.2) is 41.6 Å². The van der Waals surface area contributed by atoms with Gasteiger partial charge < -0.3 is 14.7 Å². The van der Waals surface area contributed by atoms with E-state index in [0.717, 1.165) is 31.6 Å². The summed E-state index contributed by atoms with van der Waals surface area (Å²) in [6.07, 6.45) is 3.76. The van der Waals surface area contributed by atoms with Crippen molar-refractivity contribution in [2.24, 2.45) is 11.8 Å². The summed E-state index contributed by atoms with van der Waals surface area (Å²) < 4.78 is 5.69. The number of rotatable bonds is 8. The normalized spacial score (nSPS) is 17.6. The molecule has 1 heterocycles. The monoisotopic (exact) mass is 347 g/mol. The highest BCUT2D eigenvalue weighted by molar-refractivity contribution is 5.94. The molecular formula is C20H29NO4. The van der Waals surface area contributed by atoms with Crippen LogP contribution in [0.25, 0.3) is 0 Å². The third-order valence-corrected chi connectivity index (χ3v) is 4.64. The van der Waals surface area contributed by atoms with E-state index in [1.54, 1.807) is 0 Å². The van der Waals surface area contributed by atoms with Gasteiger partial charge in [-0.1, -0.05) is 13.8 Å². The molecule has 1 unspecified atom stereocenters. The van der Waals surface area contributed by atoms with Gasteiger partial charge in [-0.05, 0) is 61.8 Å². The predicted octanol–water partition coefficient (Wildman–Crippen LogP) is 3.83. The van der Waals surface area contributed by atoms with Gasteiger partial charge in [-0.25, -0.2) is 0 Å². The minimum Gasteiger partial charge on any atom is -0.494 e. The summed E-state index contributed by atoms with van der Waals surface area (Å²) in [6, 6.07) is 7.32. The lowest BCUT2D eigenvalue weighted by Gasteiger charge is -2.32. The molecular weight excluding hydrogens is 318 g/mol. The lowest BCUT2D eigenvalue weighted by atomic mass is 9.93. The number of aliphatic carboxylic acids is 1. The number of carboxylic acids is 1. The number of likely N-dealkylation sites (tertiary alicyclic amines) is 1. The zero-order chi connectivity index (χ0) is 18.2. The summed E-state index contributed by atoms with van der Waals surface area (Å²) >= 11 is 0. The van der Waals surface area contributed by atoms with Gasteiger partial charge in [0.15, 0.2) is 0 Å². The molecule has 1 atom stereocenters. The number of ether oxygens (including phenoxy) is 1. The maximum absolute atomic E-state index is 12.7. The number of benzene rings is 1. The molecule has 1 saturated heterocycles. The molecule has 1 aliphatic rings. The molecule has 5 nitrogen and oxygen atoms in total. The van der Waals surface area contributed by atoms with E-state index in [1.807, 2.05) is 29.2 Å². The Balaban J connectivity index is 1.87. The summed E-state index contributed by atoms with van der Waals surface area (Å²) in [7, 11) is 0. The number of nitrogens with zero attached hydrogens (tertiary/aromatic N) is 1. The molecule has 0 spiro atoms. The number of carboxylic acid groups (broad SMARTS) is 1. The van der Waals surface area contributed by atoms with Crippen molar-refractivity contribution in [1.29, 1.82) is 0 Å². The van der Waals surface area contributed by atoms with E-state index in [-0.39, 0.29) is 18.2 Å². The SMILES string of the molecule is CC(C)CCOc1ccc(C(=O)N2CCCC(CCC(=O)O)C2)cc1. The van der Waals surface area contributed by atoms with E-state index in [1.165, 1.54) is 0 Å². The Bertz CT molecular complexity index is 568. The van der Waals surface area contributed by atoms with Crippen LogP contribution in [0.4, 0.5) is 0 Å². The third kappa shape index (κ3) is 6.40. The zero-order valence-electron chi connectivity index (χ0n) is 15.2.